The molecule has 0 amide bonds. The van der Waals surface area contributed by atoms with E-state index in [9.17, 15) is 42.1 Å². The Morgan fingerprint density at radius 1 is 0.208 bits per heavy atom. The summed E-state index contributed by atoms with van der Waals surface area (Å²) in [6.45, 7) is 0. The Bertz CT molecular complexity index is 4430. The Balaban J connectivity index is 1.22. The van der Waals surface area contributed by atoms with Gasteiger partial charge in [0.25, 0.3) is 0 Å². The molecular formula is C40H2N32. The SMILES string of the molecule is N#Cc1nc2nc3c(nc2nc1C#N)-c1nc-3nc2[nH]c(nc3nc(nc4[nH]c(n1)c1nc5nc(C#N)c(C#N)nc5nc41)-c1nc4nc(C#N)c(C#N)nc4nc1-3)c1nc3nc(C#N)c(C#N)nc3nc21. The molecule has 0 aliphatic carbocycles. The van der Waals surface area contributed by atoms with E-state index in [1.807, 2.05) is 48.6 Å². The van der Waals surface area contributed by atoms with E-state index in [2.05, 4.69) is 89.7 Å². The van der Waals surface area contributed by atoms with Crippen molar-refractivity contribution in [1.82, 2.24) is 120 Å². The van der Waals surface area contributed by atoms with Gasteiger partial charge in [0.15, 0.2) is 137 Å². The van der Waals surface area contributed by atoms with Crippen LogP contribution >= 0.6 is 0 Å². The van der Waals surface area contributed by atoms with E-state index < -0.39 is 0 Å². The summed E-state index contributed by atoms with van der Waals surface area (Å²) in [5.41, 5.74) is -4.88. The van der Waals surface area contributed by atoms with Crippen molar-refractivity contribution >= 4 is 89.8 Å². The molecule has 0 radical (unpaired) electrons. The van der Waals surface area contributed by atoms with Crippen molar-refractivity contribution in [2.75, 3.05) is 0 Å². The largest absolute Gasteiger partial charge is 0.321 e. The molecule has 11 aromatic rings. The molecule has 0 saturated carbocycles. The molecule has 13 rings (SSSR count). The summed E-state index contributed by atoms with van der Waals surface area (Å²) in [5.74, 6) is -0.774. The minimum Gasteiger partial charge on any atom is -0.321 e. The van der Waals surface area contributed by atoms with Crippen LogP contribution in [0.3, 0.4) is 0 Å². The normalized spacial score (nSPS) is 11.2. The lowest BCUT2D eigenvalue weighted by Gasteiger charge is -2.01. The second-order valence-electron chi connectivity index (χ2n) is 14.5. The van der Waals surface area contributed by atoms with Crippen molar-refractivity contribution in [3.63, 3.8) is 0 Å². The molecule has 11 aromatic heterocycles. The zero-order chi connectivity index (χ0) is 49.1. The maximum Gasteiger partial charge on any atom is 0.199 e. The first-order chi connectivity index (χ1) is 35.2. The molecule has 2 aliphatic heterocycles. The molecule has 0 saturated heterocycles. The minimum atomic E-state index is -0.337. The number of H-pyrrole nitrogens is 2. The number of rotatable bonds is 0. The first-order valence-corrected chi connectivity index (χ1v) is 19.6. The third kappa shape index (κ3) is 5.57. The van der Waals surface area contributed by atoms with Crippen molar-refractivity contribution in [3.05, 3.63) is 45.6 Å². The van der Waals surface area contributed by atoms with E-state index >= 15 is 0 Å². The predicted molar refractivity (Wildman–Crippen MR) is 229 cm³/mol. The van der Waals surface area contributed by atoms with Gasteiger partial charge >= 0.3 is 0 Å². The molecule has 0 fully saturated rings. The highest BCUT2D eigenvalue weighted by molar-refractivity contribution is 6.04. The third-order valence-electron chi connectivity index (χ3n) is 10.4. The maximum atomic E-state index is 9.77. The Kier molecular flexibility index (Phi) is 7.77. The molecule has 322 valence electrons. The van der Waals surface area contributed by atoms with Crippen LogP contribution in [0.2, 0.25) is 0 Å². The molecule has 32 nitrogen and oxygen atoms in total. The van der Waals surface area contributed by atoms with Gasteiger partial charge in [-0.15, -0.1) is 0 Å². The van der Waals surface area contributed by atoms with Gasteiger partial charge in [-0.1, -0.05) is 0 Å². The summed E-state index contributed by atoms with van der Waals surface area (Å²) in [7, 11) is 0. The lowest BCUT2D eigenvalue weighted by molar-refractivity contribution is 1.12. The fourth-order valence-corrected chi connectivity index (χ4v) is 7.38. The number of fused-ring (bicyclic) bond motifs is 24. The molecule has 0 spiro atoms. The summed E-state index contributed by atoms with van der Waals surface area (Å²) in [5, 5.41) is 78.1. The predicted octanol–water partition coefficient (Wildman–Crippen LogP) is 0.775. The van der Waals surface area contributed by atoms with Gasteiger partial charge in [0.05, 0.1) is 0 Å². The quantitative estimate of drug-likeness (QED) is 0.212. The fraction of sp³-hybridized carbons (Fsp3) is 0. The van der Waals surface area contributed by atoms with Crippen LogP contribution in [0.25, 0.3) is 136 Å². The van der Waals surface area contributed by atoms with Gasteiger partial charge in [-0.3, -0.25) is 0 Å². The van der Waals surface area contributed by atoms with Gasteiger partial charge in [-0.2, -0.15) is 42.1 Å². The second-order valence-corrected chi connectivity index (χ2v) is 14.5. The van der Waals surface area contributed by atoms with Crippen LogP contribution in [0.1, 0.15) is 45.6 Å². The van der Waals surface area contributed by atoms with E-state index in [4.69, 9.17) is 29.9 Å². The van der Waals surface area contributed by atoms with E-state index in [0.717, 1.165) is 0 Å². The smallest absolute Gasteiger partial charge is 0.199 e. The van der Waals surface area contributed by atoms with Gasteiger partial charge in [0.2, 0.25) is 0 Å². The molecular weight excluding hydrogens is 929 g/mol. The van der Waals surface area contributed by atoms with E-state index in [0.29, 0.717) is 0 Å². The lowest BCUT2D eigenvalue weighted by Crippen LogP contribution is -2.01. The van der Waals surface area contributed by atoms with Gasteiger partial charge in [-0.05, 0) is 0 Å². The van der Waals surface area contributed by atoms with Gasteiger partial charge in [0, 0.05) is 0 Å². The first kappa shape index (κ1) is 39.3. The number of nitrogens with zero attached hydrogens (tertiary/aromatic N) is 30. The molecule has 8 bridgehead atoms. The van der Waals surface area contributed by atoms with Crippen molar-refractivity contribution in [2.45, 2.75) is 0 Å². The number of nitriles is 8. The van der Waals surface area contributed by atoms with Crippen LogP contribution in [0.5, 0.6) is 0 Å². The van der Waals surface area contributed by atoms with Crippen LogP contribution in [-0.4, -0.2) is 120 Å². The highest BCUT2D eigenvalue weighted by atomic mass is 15.2. The summed E-state index contributed by atoms with van der Waals surface area (Å²) < 4.78 is 0. The zero-order valence-electron chi connectivity index (χ0n) is 34.4. The highest BCUT2D eigenvalue weighted by Gasteiger charge is 2.30. The standard InChI is InChI=1S/C40H2N32/c41-1-9-10(2-42)50-34-33(49-9)57-17-18(58-34)26-65-25(17)69-27-19-20(60-36-35(59-19)51-11(3-43)12(4-44)52-36)29(66-27)71-31-23-24(64-40-39(63-23)55-15(7-47)16(8-48)56-40)32(68-31)72-30-22-21(28(67-30)70-26)61-37-38(62-22)54-14(6-46)13(5-45)53-37/h(H2,65,66,67,68,69,70,71,72). The zero-order valence-corrected chi connectivity index (χ0v) is 34.4. The minimum absolute atomic E-state index is 0.0351. The van der Waals surface area contributed by atoms with E-state index in [1.165, 1.54) is 0 Å². The first-order valence-electron chi connectivity index (χ1n) is 19.6. The van der Waals surface area contributed by atoms with Crippen molar-refractivity contribution < 1.29 is 0 Å². The maximum absolute atomic E-state index is 9.77. The van der Waals surface area contributed by atoms with Crippen molar-refractivity contribution in [3.8, 4) is 94.6 Å². The molecule has 0 aromatic carbocycles. The number of aromatic nitrogens is 24. The van der Waals surface area contributed by atoms with E-state index in [1.54, 1.807) is 0 Å². The van der Waals surface area contributed by atoms with Crippen LogP contribution in [0.15, 0.2) is 0 Å². The lowest BCUT2D eigenvalue weighted by atomic mass is 10.3. The Morgan fingerprint density at radius 2 is 0.389 bits per heavy atom. The van der Waals surface area contributed by atoms with Gasteiger partial charge in [0.1, 0.15) is 93.4 Å². The van der Waals surface area contributed by atoms with Crippen molar-refractivity contribution in [2.24, 2.45) is 0 Å². The van der Waals surface area contributed by atoms with Crippen LogP contribution in [0, 0.1) is 90.6 Å². The van der Waals surface area contributed by atoms with Crippen LogP contribution in [-0.2, 0) is 0 Å². The summed E-state index contributed by atoms with van der Waals surface area (Å²) >= 11 is 0. The van der Waals surface area contributed by atoms with Gasteiger partial charge < -0.3 is 9.97 Å². The molecule has 2 aliphatic rings. The number of hydrogen-bond acceptors (Lipinski definition) is 30. The Hall–Kier alpha value is -13.0. The molecule has 0 atom stereocenters. The molecule has 72 heavy (non-hydrogen) atoms. The van der Waals surface area contributed by atoms with E-state index in [-0.39, 0.29) is 181 Å². The third-order valence-corrected chi connectivity index (χ3v) is 10.4. The number of nitrogens with one attached hydrogen (secondary N) is 2. The Labute approximate surface area is 390 Å². The average Bonchev–Trinajstić information content (AvgIpc) is 4.13. The second kappa shape index (κ2) is 14.2. The number of aromatic amines is 2. The van der Waals surface area contributed by atoms with Gasteiger partial charge in [-0.25, -0.2) is 110 Å². The molecule has 0 unspecified atom stereocenters. The molecule has 2 N–H and O–H groups in total. The van der Waals surface area contributed by atoms with Crippen LogP contribution in [0.4, 0.5) is 0 Å². The summed E-state index contributed by atoms with van der Waals surface area (Å²) in [6.07, 6.45) is 0. The van der Waals surface area contributed by atoms with Crippen molar-refractivity contribution in [1.29, 1.82) is 42.1 Å². The Morgan fingerprint density at radius 3 is 0.569 bits per heavy atom. The topological polar surface area (TPSA) is 505 Å². The monoisotopic (exact) mass is 930 g/mol. The fourth-order valence-electron chi connectivity index (χ4n) is 7.38. The highest BCUT2D eigenvalue weighted by Crippen LogP contribution is 2.35. The van der Waals surface area contributed by atoms with Crippen LogP contribution < -0.4 is 0 Å². The number of hydrogen-bond donors (Lipinski definition) is 2. The summed E-state index contributed by atoms with van der Waals surface area (Å²) in [4.78, 5) is 105. The summed E-state index contributed by atoms with van der Waals surface area (Å²) in [6, 6.07) is 14.5. The molecule has 13 heterocycles. The molecule has 32 heteroatoms. The average molecular weight is 931 g/mol.